The lowest BCUT2D eigenvalue weighted by Crippen LogP contribution is -2.32. The number of methoxy groups -OCH3 is 1. The van der Waals surface area contributed by atoms with Crippen LogP contribution in [0.2, 0.25) is 0 Å². The standard InChI is InChI=1S/C19H23N3O4/c1-5-22-16(13-6-8-14(25-4)9-7-13)10-17(18(22)23)26-19(24)15-11-20-21(3)12(15)2/h6-9,11,16-17H,5,10H2,1-4H3/t16-,17+/m0/s1. The second-order valence-corrected chi connectivity index (χ2v) is 6.31. The quantitative estimate of drug-likeness (QED) is 0.768. The summed E-state index contributed by atoms with van der Waals surface area (Å²) in [4.78, 5) is 26.9. The van der Waals surface area contributed by atoms with Gasteiger partial charge in [0.15, 0.2) is 6.10 Å². The van der Waals surface area contributed by atoms with E-state index in [9.17, 15) is 9.59 Å². The highest BCUT2D eigenvalue weighted by atomic mass is 16.5. The van der Waals surface area contributed by atoms with Crippen molar-refractivity contribution in [3.05, 3.63) is 47.3 Å². The minimum Gasteiger partial charge on any atom is -0.497 e. The Bertz CT molecular complexity index is 813. The van der Waals surface area contributed by atoms with E-state index in [4.69, 9.17) is 9.47 Å². The zero-order valence-corrected chi connectivity index (χ0v) is 15.4. The van der Waals surface area contributed by atoms with Crippen molar-refractivity contribution in [2.75, 3.05) is 13.7 Å². The molecule has 26 heavy (non-hydrogen) atoms. The minimum atomic E-state index is -0.783. The molecule has 7 heteroatoms. The number of aromatic nitrogens is 2. The highest BCUT2D eigenvalue weighted by Gasteiger charge is 2.42. The van der Waals surface area contributed by atoms with E-state index in [-0.39, 0.29) is 11.9 Å². The summed E-state index contributed by atoms with van der Waals surface area (Å²) < 4.78 is 12.3. The van der Waals surface area contributed by atoms with Crippen LogP contribution < -0.4 is 4.74 Å². The Kier molecular flexibility index (Phi) is 4.97. The second-order valence-electron chi connectivity index (χ2n) is 6.31. The fraction of sp³-hybridized carbons (Fsp3) is 0.421. The molecule has 1 aromatic carbocycles. The zero-order chi connectivity index (χ0) is 18.8. The molecule has 1 fully saturated rings. The first-order chi connectivity index (χ1) is 12.5. The van der Waals surface area contributed by atoms with Gasteiger partial charge in [0, 0.05) is 25.7 Å². The van der Waals surface area contributed by atoms with Gasteiger partial charge in [0.25, 0.3) is 5.91 Å². The molecule has 2 aromatic rings. The van der Waals surface area contributed by atoms with Crippen LogP contribution in [0.5, 0.6) is 5.75 Å². The summed E-state index contributed by atoms with van der Waals surface area (Å²) in [5.41, 5.74) is 2.09. The number of esters is 1. The molecule has 0 N–H and O–H groups in total. The van der Waals surface area contributed by atoms with Gasteiger partial charge in [-0.05, 0) is 31.5 Å². The third kappa shape index (κ3) is 3.16. The van der Waals surface area contributed by atoms with Gasteiger partial charge in [-0.15, -0.1) is 0 Å². The number of aryl methyl sites for hydroxylation is 1. The average Bonchev–Trinajstić information content (AvgIpc) is 3.15. The third-order valence-corrected chi connectivity index (χ3v) is 4.92. The number of carbonyl (C=O) groups excluding carboxylic acids is 2. The van der Waals surface area contributed by atoms with E-state index in [0.717, 1.165) is 11.3 Å². The molecule has 3 rings (SSSR count). The van der Waals surface area contributed by atoms with E-state index in [1.165, 1.54) is 6.20 Å². The van der Waals surface area contributed by atoms with Gasteiger partial charge in [0.2, 0.25) is 0 Å². The molecule has 0 radical (unpaired) electrons. The van der Waals surface area contributed by atoms with Gasteiger partial charge in [-0.1, -0.05) is 12.1 Å². The first kappa shape index (κ1) is 18.0. The number of amides is 1. The number of benzene rings is 1. The van der Waals surface area contributed by atoms with Crippen LogP contribution in [-0.2, 0) is 16.6 Å². The molecule has 2 atom stereocenters. The van der Waals surface area contributed by atoms with Crippen molar-refractivity contribution < 1.29 is 19.1 Å². The van der Waals surface area contributed by atoms with Gasteiger partial charge in [0.1, 0.15) is 11.3 Å². The van der Waals surface area contributed by atoms with Gasteiger partial charge >= 0.3 is 5.97 Å². The van der Waals surface area contributed by atoms with Crippen LogP contribution in [0.15, 0.2) is 30.5 Å². The highest BCUT2D eigenvalue weighted by Crippen LogP contribution is 2.35. The summed E-state index contributed by atoms with van der Waals surface area (Å²) in [5, 5.41) is 4.05. The maximum Gasteiger partial charge on any atom is 0.342 e. The van der Waals surface area contributed by atoms with Gasteiger partial charge in [-0.25, -0.2) is 4.79 Å². The van der Waals surface area contributed by atoms with Crippen molar-refractivity contribution in [2.45, 2.75) is 32.4 Å². The van der Waals surface area contributed by atoms with Gasteiger partial charge < -0.3 is 14.4 Å². The number of hydrogen-bond acceptors (Lipinski definition) is 5. The number of carbonyl (C=O) groups is 2. The van der Waals surface area contributed by atoms with Crippen LogP contribution in [0.4, 0.5) is 0 Å². The Morgan fingerprint density at radius 3 is 2.54 bits per heavy atom. The largest absolute Gasteiger partial charge is 0.497 e. The van der Waals surface area contributed by atoms with Crippen LogP contribution in [0.25, 0.3) is 0 Å². The summed E-state index contributed by atoms with van der Waals surface area (Å²) >= 11 is 0. The number of likely N-dealkylation sites (tertiary alicyclic amines) is 1. The van der Waals surface area contributed by atoms with E-state index >= 15 is 0 Å². The Morgan fingerprint density at radius 1 is 1.31 bits per heavy atom. The molecule has 138 valence electrons. The summed E-state index contributed by atoms with van der Waals surface area (Å²) in [6.45, 7) is 4.26. The van der Waals surface area contributed by atoms with E-state index in [1.807, 2.05) is 31.2 Å². The third-order valence-electron chi connectivity index (χ3n) is 4.92. The molecule has 2 heterocycles. The van der Waals surface area contributed by atoms with Crippen molar-refractivity contribution >= 4 is 11.9 Å². The van der Waals surface area contributed by atoms with E-state index < -0.39 is 12.1 Å². The maximum atomic E-state index is 12.7. The molecule has 0 spiro atoms. The predicted molar refractivity (Wildman–Crippen MR) is 94.9 cm³/mol. The molecule has 0 bridgehead atoms. The number of ether oxygens (including phenoxy) is 2. The van der Waals surface area contributed by atoms with E-state index in [1.54, 1.807) is 30.7 Å². The molecule has 1 aromatic heterocycles. The molecule has 1 saturated heterocycles. The summed E-state index contributed by atoms with van der Waals surface area (Å²) in [6, 6.07) is 7.49. The molecule has 0 aliphatic carbocycles. The normalized spacial score (nSPS) is 19.7. The van der Waals surface area contributed by atoms with E-state index in [2.05, 4.69) is 5.10 Å². The lowest BCUT2D eigenvalue weighted by molar-refractivity contribution is -0.135. The Labute approximate surface area is 152 Å². The first-order valence-corrected chi connectivity index (χ1v) is 8.60. The highest BCUT2D eigenvalue weighted by molar-refractivity contribution is 5.93. The van der Waals surface area contributed by atoms with Gasteiger partial charge in [-0.3, -0.25) is 9.48 Å². The summed E-state index contributed by atoms with van der Waals surface area (Å²) in [5.74, 6) is 0.0831. The maximum absolute atomic E-state index is 12.7. The minimum absolute atomic E-state index is 0.119. The van der Waals surface area contributed by atoms with Crippen LogP contribution in [0, 0.1) is 6.92 Å². The van der Waals surface area contributed by atoms with Crippen molar-refractivity contribution in [3.8, 4) is 5.75 Å². The zero-order valence-electron chi connectivity index (χ0n) is 15.4. The van der Waals surface area contributed by atoms with Crippen molar-refractivity contribution in [1.29, 1.82) is 0 Å². The molecule has 7 nitrogen and oxygen atoms in total. The molecule has 0 unspecified atom stereocenters. The average molecular weight is 357 g/mol. The first-order valence-electron chi connectivity index (χ1n) is 8.60. The second kappa shape index (κ2) is 7.19. The van der Waals surface area contributed by atoms with Crippen LogP contribution in [0.1, 0.15) is 41.0 Å². The molecular weight excluding hydrogens is 334 g/mol. The van der Waals surface area contributed by atoms with Crippen LogP contribution in [-0.4, -0.2) is 46.3 Å². The lowest BCUT2D eigenvalue weighted by atomic mass is 10.0. The van der Waals surface area contributed by atoms with E-state index in [0.29, 0.717) is 24.2 Å². The van der Waals surface area contributed by atoms with Crippen LogP contribution >= 0.6 is 0 Å². The fourth-order valence-corrected chi connectivity index (χ4v) is 3.28. The summed E-state index contributed by atoms with van der Waals surface area (Å²) in [7, 11) is 3.37. The lowest BCUT2D eigenvalue weighted by Gasteiger charge is -2.23. The van der Waals surface area contributed by atoms with Crippen LogP contribution in [0.3, 0.4) is 0 Å². The molecule has 1 aliphatic heterocycles. The number of rotatable bonds is 5. The monoisotopic (exact) mass is 357 g/mol. The Morgan fingerprint density at radius 2 is 2.00 bits per heavy atom. The number of nitrogens with zero attached hydrogens (tertiary/aromatic N) is 3. The predicted octanol–water partition coefficient (Wildman–Crippen LogP) is 2.26. The summed E-state index contributed by atoms with van der Waals surface area (Å²) in [6.07, 6.45) is 1.12. The Balaban J connectivity index is 1.78. The van der Waals surface area contributed by atoms with Gasteiger partial charge in [0.05, 0.1) is 19.3 Å². The number of likely N-dealkylation sites (N-methyl/N-ethyl adjacent to an activating group) is 1. The van der Waals surface area contributed by atoms with Crippen molar-refractivity contribution in [2.24, 2.45) is 7.05 Å². The van der Waals surface area contributed by atoms with Crippen molar-refractivity contribution in [3.63, 3.8) is 0 Å². The van der Waals surface area contributed by atoms with Gasteiger partial charge in [-0.2, -0.15) is 5.10 Å². The van der Waals surface area contributed by atoms with Crippen molar-refractivity contribution in [1.82, 2.24) is 14.7 Å². The Hall–Kier alpha value is -2.83. The topological polar surface area (TPSA) is 73.7 Å². The molecule has 1 amide bonds. The fourth-order valence-electron chi connectivity index (χ4n) is 3.28. The SMILES string of the molecule is CCN1C(=O)[C@H](OC(=O)c2cnn(C)c2C)C[C@H]1c1ccc(OC)cc1. The number of hydrogen-bond donors (Lipinski definition) is 0. The molecule has 1 aliphatic rings. The smallest absolute Gasteiger partial charge is 0.342 e. The molecular formula is C19H23N3O4. The molecule has 0 saturated carbocycles.